The van der Waals surface area contributed by atoms with Gasteiger partial charge in [-0.05, 0) is 24.1 Å². The summed E-state index contributed by atoms with van der Waals surface area (Å²) in [7, 11) is 0. The Hall–Kier alpha value is -1.76. The largest absolute Gasteiger partial charge is 0.418 e. The number of halogens is 4. The second kappa shape index (κ2) is 8.37. The summed E-state index contributed by atoms with van der Waals surface area (Å²) in [6.45, 7) is 5.31. The van der Waals surface area contributed by atoms with Crippen LogP contribution < -0.4 is 10.2 Å². The fourth-order valence-electron chi connectivity index (χ4n) is 2.04. The highest BCUT2D eigenvalue weighted by molar-refractivity contribution is 6.30. The normalized spacial score (nSPS) is 11.5. The molecule has 134 valence electrons. The second-order valence-electron chi connectivity index (χ2n) is 5.78. The number of benzene rings is 1. The van der Waals surface area contributed by atoms with Crippen LogP contribution in [0.15, 0.2) is 18.2 Å². The van der Waals surface area contributed by atoms with Crippen LogP contribution in [0.3, 0.4) is 0 Å². The van der Waals surface area contributed by atoms with Crippen LogP contribution in [0, 0.1) is 5.92 Å². The number of nitrogens with zero attached hydrogens (tertiary/aromatic N) is 1. The Labute approximate surface area is 144 Å². The first kappa shape index (κ1) is 20.3. The Morgan fingerprint density at radius 2 is 1.92 bits per heavy atom. The maximum atomic E-state index is 13.2. The van der Waals surface area contributed by atoms with Gasteiger partial charge < -0.3 is 10.2 Å². The molecular formula is C16H20ClF3N2O2. The van der Waals surface area contributed by atoms with Crippen LogP contribution >= 0.6 is 11.6 Å². The van der Waals surface area contributed by atoms with Crippen LogP contribution in [-0.4, -0.2) is 24.9 Å². The standard InChI is InChI=1S/C16H20ClF3N2O2/c1-10(2)9-21-15(24)6-7-22(11(3)23)14-5-4-12(17)8-13(14)16(18,19)20/h4-5,8,10H,6-7,9H2,1-3H3,(H,21,24). The third kappa shape index (κ3) is 6.03. The summed E-state index contributed by atoms with van der Waals surface area (Å²) in [4.78, 5) is 24.5. The van der Waals surface area contributed by atoms with Crippen molar-refractivity contribution < 1.29 is 22.8 Å². The number of amides is 2. The Balaban J connectivity index is 2.98. The predicted octanol–water partition coefficient (Wildman–Crippen LogP) is 3.87. The molecule has 0 unspecified atom stereocenters. The van der Waals surface area contributed by atoms with E-state index in [9.17, 15) is 22.8 Å². The first-order chi connectivity index (χ1) is 11.0. The molecule has 0 radical (unpaired) electrons. The molecule has 4 nitrogen and oxygen atoms in total. The van der Waals surface area contributed by atoms with Gasteiger partial charge in [0.15, 0.2) is 0 Å². The molecule has 1 rings (SSSR count). The fraction of sp³-hybridized carbons (Fsp3) is 0.500. The maximum Gasteiger partial charge on any atom is 0.418 e. The lowest BCUT2D eigenvalue weighted by molar-refractivity contribution is -0.137. The van der Waals surface area contributed by atoms with Gasteiger partial charge >= 0.3 is 6.18 Å². The van der Waals surface area contributed by atoms with Crippen LogP contribution in [-0.2, 0) is 15.8 Å². The number of rotatable bonds is 6. The number of alkyl halides is 3. The number of anilines is 1. The number of hydrogen-bond acceptors (Lipinski definition) is 2. The van der Waals surface area contributed by atoms with E-state index in [1.807, 2.05) is 13.8 Å². The molecule has 0 saturated heterocycles. The van der Waals surface area contributed by atoms with Gasteiger partial charge in [0, 0.05) is 31.5 Å². The summed E-state index contributed by atoms with van der Waals surface area (Å²) >= 11 is 5.64. The van der Waals surface area contributed by atoms with Gasteiger partial charge in [-0.3, -0.25) is 9.59 Å². The highest BCUT2D eigenvalue weighted by atomic mass is 35.5. The van der Waals surface area contributed by atoms with Crippen molar-refractivity contribution in [3.8, 4) is 0 Å². The molecule has 0 fully saturated rings. The summed E-state index contributed by atoms with van der Waals surface area (Å²) < 4.78 is 39.6. The van der Waals surface area contributed by atoms with Gasteiger partial charge in [0.2, 0.25) is 11.8 Å². The molecule has 0 spiro atoms. The molecule has 1 aromatic carbocycles. The van der Waals surface area contributed by atoms with E-state index in [2.05, 4.69) is 5.32 Å². The first-order valence-corrected chi connectivity index (χ1v) is 7.81. The molecule has 0 aliphatic carbocycles. The molecule has 1 aromatic rings. The quantitative estimate of drug-likeness (QED) is 0.833. The van der Waals surface area contributed by atoms with E-state index in [0.29, 0.717) is 6.54 Å². The van der Waals surface area contributed by atoms with Crippen LogP contribution in [0.4, 0.5) is 18.9 Å². The SMILES string of the molecule is CC(=O)N(CCC(=O)NCC(C)C)c1ccc(Cl)cc1C(F)(F)F. The zero-order chi connectivity index (χ0) is 18.5. The summed E-state index contributed by atoms with van der Waals surface area (Å²) in [6, 6.07) is 3.19. The van der Waals surface area contributed by atoms with Crippen LogP contribution in [0.2, 0.25) is 5.02 Å². The van der Waals surface area contributed by atoms with Gasteiger partial charge in [0.1, 0.15) is 0 Å². The van der Waals surface area contributed by atoms with Gasteiger partial charge in [-0.2, -0.15) is 13.2 Å². The number of carbonyl (C=O) groups is 2. The average Bonchev–Trinajstić information content (AvgIpc) is 2.45. The lowest BCUT2D eigenvalue weighted by Crippen LogP contribution is -2.36. The molecule has 1 N–H and O–H groups in total. The lowest BCUT2D eigenvalue weighted by atomic mass is 10.1. The van der Waals surface area contributed by atoms with E-state index in [1.165, 1.54) is 6.07 Å². The van der Waals surface area contributed by atoms with Crippen molar-refractivity contribution in [1.29, 1.82) is 0 Å². The van der Waals surface area contributed by atoms with Crippen molar-refractivity contribution in [2.24, 2.45) is 5.92 Å². The zero-order valence-electron chi connectivity index (χ0n) is 13.7. The Morgan fingerprint density at radius 3 is 2.42 bits per heavy atom. The number of carbonyl (C=O) groups excluding carboxylic acids is 2. The molecule has 0 bridgehead atoms. The van der Waals surface area contributed by atoms with Gasteiger partial charge in [-0.25, -0.2) is 0 Å². The van der Waals surface area contributed by atoms with Gasteiger partial charge in [0.25, 0.3) is 0 Å². The van der Waals surface area contributed by atoms with Crippen molar-refractivity contribution >= 4 is 29.1 Å². The van der Waals surface area contributed by atoms with Crippen molar-refractivity contribution in [2.45, 2.75) is 33.4 Å². The van der Waals surface area contributed by atoms with E-state index in [1.54, 1.807) is 0 Å². The average molecular weight is 365 g/mol. The maximum absolute atomic E-state index is 13.2. The summed E-state index contributed by atoms with van der Waals surface area (Å²) in [6.07, 6.45) is -4.75. The highest BCUT2D eigenvalue weighted by Crippen LogP contribution is 2.38. The van der Waals surface area contributed by atoms with Gasteiger partial charge in [-0.15, -0.1) is 0 Å². The van der Waals surface area contributed by atoms with Gasteiger partial charge in [0.05, 0.1) is 11.3 Å². The molecule has 0 aliphatic rings. The number of nitrogens with one attached hydrogen (secondary N) is 1. The summed E-state index contributed by atoms with van der Waals surface area (Å²) in [5.74, 6) is -0.650. The molecule has 2 amide bonds. The van der Waals surface area contributed by atoms with Crippen LogP contribution in [0.1, 0.15) is 32.8 Å². The third-order valence-electron chi connectivity index (χ3n) is 3.20. The minimum atomic E-state index is -4.66. The van der Waals surface area contributed by atoms with Crippen molar-refractivity contribution in [1.82, 2.24) is 5.32 Å². The molecule has 0 aliphatic heterocycles. The molecular weight excluding hydrogens is 345 g/mol. The smallest absolute Gasteiger partial charge is 0.356 e. The van der Waals surface area contributed by atoms with Crippen LogP contribution in [0.25, 0.3) is 0 Å². The molecule has 24 heavy (non-hydrogen) atoms. The number of hydrogen-bond donors (Lipinski definition) is 1. The summed E-state index contributed by atoms with van der Waals surface area (Å²) in [5.41, 5.74) is -1.32. The Bertz CT molecular complexity index is 603. The molecule has 8 heteroatoms. The zero-order valence-corrected chi connectivity index (χ0v) is 14.5. The molecule has 0 atom stereocenters. The van der Waals surface area contributed by atoms with Crippen molar-refractivity contribution in [2.75, 3.05) is 18.0 Å². The van der Waals surface area contributed by atoms with Crippen LogP contribution in [0.5, 0.6) is 0 Å². The van der Waals surface area contributed by atoms with Crippen molar-refractivity contribution in [3.05, 3.63) is 28.8 Å². The topological polar surface area (TPSA) is 49.4 Å². The fourth-order valence-corrected chi connectivity index (χ4v) is 2.21. The van der Waals surface area contributed by atoms with E-state index in [4.69, 9.17) is 11.6 Å². The monoisotopic (exact) mass is 364 g/mol. The van der Waals surface area contributed by atoms with E-state index < -0.39 is 17.6 Å². The van der Waals surface area contributed by atoms with Gasteiger partial charge in [-0.1, -0.05) is 25.4 Å². The Kier molecular flexibility index (Phi) is 7.08. The summed E-state index contributed by atoms with van der Waals surface area (Å²) in [5, 5.41) is 2.58. The third-order valence-corrected chi connectivity index (χ3v) is 3.44. The van der Waals surface area contributed by atoms with Crippen molar-refractivity contribution in [3.63, 3.8) is 0 Å². The predicted molar refractivity (Wildman–Crippen MR) is 86.9 cm³/mol. The molecule has 0 saturated carbocycles. The van der Waals surface area contributed by atoms with E-state index >= 15 is 0 Å². The lowest BCUT2D eigenvalue weighted by Gasteiger charge is -2.25. The molecule has 0 heterocycles. The first-order valence-electron chi connectivity index (χ1n) is 7.44. The minimum Gasteiger partial charge on any atom is -0.356 e. The van der Waals surface area contributed by atoms with E-state index in [0.717, 1.165) is 24.0 Å². The minimum absolute atomic E-state index is 0.0794. The highest BCUT2D eigenvalue weighted by Gasteiger charge is 2.36. The Morgan fingerprint density at radius 1 is 1.29 bits per heavy atom. The molecule has 0 aromatic heterocycles. The van der Waals surface area contributed by atoms with E-state index in [-0.39, 0.29) is 35.5 Å². The second-order valence-corrected chi connectivity index (χ2v) is 6.21.